The Morgan fingerprint density at radius 3 is 2.50 bits per heavy atom. The van der Waals surface area contributed by atoms with Gasteiger partial charge in [0.25, 0.3) is 0 Å². The second kappa shape index (κ2) is 6.23. The molecule has 1 unspecified atom stereocenters. The van der Waals surface area contributed by atoms with Crippen LogP contribution in [0, 0.1) is 5.92 Å². The molecule has 0 N–H and O–H groups in total. The lowest BCUT2D eigenvalue weighted by Gasteiger charge is -2.12. The summed E-state index contributed by atoms with van der Waals surface area (Å²) in [6.07, 6.45) is 1.75. The topological polar surface area (TPSA) is 26.3 Å². The molecule has 0 aromatic heterocycles. The van der Waals surface area contributed by atoms with Crippen LogP contribution in [0.4, 0.5) is 0 Å². The standard InChI is InChI=1S/C9H15BrO2/c1-4-6-8(7(3)10)9(11)12-5-2/h8H,3-6H2,1-2H3. The van der Waals surface area contributed by atoms with E-state index in [0.717, 1.165) is 12.8 Å². The van der Waals surface area contributed by atoms with E-state index < -0.39 is 0 Å². The van der Waals surface area contributed by atoms with E-state index in [1.165, 1.54) is 0 Å². The molecule has 0 radical (unpaired) electrons. The van der Waals surface area contributed by atoms with E-state index in [9.17, 15) is 4.79 Å². The molecule has 1 atom stereocenters. The lowest BCUT2D eigenvalue weighted by atomic mass is 10.0. The van der Waals surface area contributed by atoms with Crippen LogP contribution in [0.15, 0.2) is 11.1 Å². The molecule has 2 nitrogen and oxygen atoms in total. The van der Waals surface area contributed by atoms with Gasteiger partial charge in [-0.3, -0.25) is 4.79 Å². The van der Waals surface area contributed by atoms with Crippen molar-refractivity contribution < 1.29 is 9.53 Å². The quantitative estimate of drug-likeness (QED) is 0.685. The first-order chi connectivity index (χ1) is 5.63. The Morgan fingerprint density at radius 2 is 2.17 bits per heavy atom. The molecule has 0 bridgehead atoms. The van der Waals surface area contributed by atoms with E-state index in [-0.39, 0.29) is 11.9 Å². The van der Waals surface area contributed by atoms with Crippen molar-refractivity contribution in [3.8, 4) is 0 Å². The minimum absolute atomic E-state index is 0.179. The van der Waals surface area contributed by atoms with Gasteiger partial charge in [0, 0.05) is 4.48 Å². The third-order valence-corrected chi connectivity index (χ3v) is 2.08. The summed E-state index contributed by atoms with van der Waals surface area (Å²) in [6.45, 7) is 7.96. The predicted octanol–water partition coefficient (Wildman–Crippen LogP) is 2.87. The molecule has 0 saturated carbocycles. The van der Waals surface area contributed by atoms with Gasteiger partial charge >= 0.3 is 5.97 Å². The first kappa shape index (κ1) is 11.7. The maximum atomic E-state index is 11.3. The summed E-state index contributed by atoms with van der Waals surface area (Å²) in [5.41, 5.74) is 0. The Bertz CT molecular complexity index is 166. The first-order valence-corrected chi connectivity index (χ1v) is 4.93. The van der Waals surface area contributed by atoms with Gasteiger partial charge in [0.05, 0.1) is 12.5 Å². The highest BCUT2D eigenvalue weighted by Crippen LogP contribution is 2.22. The molecule has 70 valence electrons. The van der Waals surface area contributed by atoms with Crippen molar-refractivity contribution in [2.45, 2.75) is 26.7 Å². The van der Waals surface area contributed by atoms with Crippen LogP contribution in [0.1, 0.15) is 26.7 Å². The van der Waals surface area contributed by atoms with Gasteiger partial charge in [0.15, 0.2) is 0 Å². The Kier molecular flexibility index (Phi) is 6.07. The molecular weight excluding hydrogens is 220 g/mol. The lowest BCUT2D eigenvalue weighted by molar-refractivity contribution is -0.146. The average molecular weight is 235 g/mol. The third kappa shape index (κ3) is 3.90. The van der Waals surface area contributed by atoms with Gasteiger partial charge in [-0.2, -0.15) is 0 Å². The fourth-order valence-corrected chi connectivity index (χ4v) is 1.35. The molecule has 0 aliphatic rings. The molecule has 3 heteroatoms. The fourth-order valence-electron chi connectivity index (χ4n) is 0.934. The Hall–Kier alpha value is -0.310. The maximum Gasteiger partial charge on any atom is 0.313 e. The number of ether oxygens (including phenoxy) is 1. The van der Waals surface area contributed by atoms with Crippen molar-refractivity contribution in [3.05, 3.63) is 11.1 Å². The first-order valence-electron chi connectivity index (χ1n) is 4.14. The fraction of sp³-hybridized carbons (Fsp3) is 0.667. The van der Waals surface area contributed by atoms with Crippen LogP contribution in [0.3, 0.4) is 0 Å². The van der Waals surface area contributed by atoms with E-state index in [1.54, 1.807) is 6.92 Å². The largest absolute Gasteiger partial charge is 0.466 e. The van der Waals surface area contributed by atoms with Crippen LogP contribution >= 0.6 is 15.9 Å². The minimum Gasteiger partial charge on any atom is -0.466 e. The zero-order valence-corrected chi connectivity index (χ0v) is 9.19. The summed E-state index contributed by atoms with van der Waals surface area (Å²) in [5.74, 6) is -0.365. The SMILES string of the molecule is C=C(Br)C(CCC)C(=O)OCC. The molecule has 0 spiro atoms. The van der Waals surface area contributed by atoms with E-state index in [1.807, 2.05) is 6.92 Å². The van der Waals surface area contributed by atoms with Crippen LogP contribution in [-0.2, 0) is 9.53 Å². The highest BCUT2D eigenvalue weighted by molar-refractivity contribution is 9.11. The molecule has 0 aromatic rings. The maximum absolute atomic E-state index is 11.3. The lowest BCUT2D eigenvalue weighted by Crippen LogP contribution is -2.17. The van der Waals surface area contributed by atoms with Crippen molar-refractivity contribution >= 4 is 21.9 Å². The van der Waals surface area contributed by atoms with E-state index >= 15 is 0 Å². The molecular formula is C9H15BrO2. The van der Waals surface area contributed by atoms with Crippen LogP contribution < -0.4 is 0 Å². The number of esters is 1. The Balaban J connectivity index is 4.09. The van der Waals surface area contributed by atoms with Crippen molar-refractivity contribution in [1.29, 1.82) is 0 Å². The van der Waals surface area contributed by atoms with Gasteiger partial charge in [0.2, 0.25) is 0 Å². The summed E-state index contributed by atoms with van der Waals surface area (Å²) in [4.78, 5) is 11.3. The smallest absolute Gasteiger partial charge is 0.313 e. The number of carbonyl (C=O) groups excluding carboxylic acids is 1. The van der Waals surface area contributed by atoms with Gasteiger partial charge < -0.3 is 4.74 Å². The van der Waals surface area contributed by atoms with Crippen molar-refractivity contribution in [1.82, 2.24) is 0 Å². The summed E-state index contributed by atoms with van der Waals surface area (Å²) in [7, 11) is 0. The molecule has 0 aromatic carbocycles. The molecule has 0 heterocycles. The van der Waals surface area contributed by atoms with Crippen LogP contribution in [0.2, 0.25) is 0 Å². The Morgan fingerprint density at radius 1 is 1.58 bits per heavy atom. The molecule has 0 aliphatic carbocycles. The predicted molar refractivity (Wildman–Crippen MR) is 53.1 cm³/mol. The summed E-state index contributed by atoms with van der Waals surface area (Å²) < 4.78 is 5.60. The highest BCUT2D eigenvalue weighted by Gasteiger charge is 2.19. The molecule has 0 amide bonds. The van der Waals surface area contributed by atoms with Crippen molar-refractivity contribution in [2.75, 3.05) is 6.61 Å². The molecule has 0 aliphatic heterocycles. The molecule has 12 heavy (non-hydrogen) atoms. The van der Waals surface area contributed by atoms with E-state index in [2.05, 4.69) is 22.5 Å². The van der Waals surface area contributed by atoms with E-state index in [4.69, 9.17) is 4.74 Å². The highest BCUT2D eigenvalue weighted by atomic mass is 79.9. The number of halogens is 1. The van der Waals surface area contributed by atoms with E-state index in [0.29, 0.717) is 11.1 Å². The zero-order chi connectivity index (χ0) is 9.56. The van der Waals surface area contributed by atoms with Crippen molar-refractivity contribution in [2.24, 2.45) is 5.92 Å². The van der Waals surface area contributed by atoms with Gasteiger partial charge in [0.1, 0.15) is 0 Å². The zero-order valence-electron chi connectivity index (χ0n) is 7.60. The second-order valence-electron chi connectivity index (χ2n) is 2.54. The third-order valence-electron chi connectivity index (χ3n) is 1.53. The molecule has 0 fully saturated rings. The van der Waals surface area contributed by atoms with Gasteiger partial charge in [-0.1, -0.05) is 35.9 Å². The van der Waals surface area contributed by atoms with Crippen molar-refractivity contribution in [3.63, 3.8) is 0 Å². The van der Waals surface area contributed by atoms with Crippen LogP contribution in [0.25, 0.3) is 0 Å². The number of hydrogen-bond donors (Lipinski definition) is 0. The summed E-state index contributed by atoms with van der Waals surface area (Å²) >= 11 is 3.22. The molecule has 0 rings (SSSR count). The average Bonchev–Trinajstić information content (AvgIpc) is 1.99. The minimum atomic E-state index is -0.185. The molecule has 0 saturated heterocycles. The number of hydrogen-bond acceptors (Lipinski definition) is 2. The normalized spacial score (nSPS) is 12.2. The van der Waals surface area contributed by atoms with Crippen LogP contribution in [-0.4, -0.2) is 12.6 Å². The number of carbonyl (C=O) groups is 1. The van der Waals surface area contributed by atoms with Gasteiger partial charge in [-0.25, -0.2) is 0 Å². The second-order valence-corrected chi connectivity index (χ2v) is 3.56. The monoisotopic (exact) mass is 234 g/mol. The Labute approximate surface area is 82.1 Å². The van der Waals surface area contributed by atoms with Gasteiger partial charge in [-0.05, 0) is 13.3 Å². The summed E-state index contributed by atoms with van der Waals surface area (Å²) in [6, 6.07) is 0. The number of rotatable bonds is 5. The van der Waals surface area contributed by atoms with Crippen LogP contribution in [0.5, 0.6) is 0 Å². The summed E-state index contributed by atoms with van der Waals surface area (Å²) in [5, 5.41) is 0. The van der Waals surface area contributed by atoms with Gasteiger partial charge in [-0.15, -0.1) is 0 Å².